The molecular formula is C18H21BrN2O3S2. The van der Waals surface area contributed by atoms with Gasteiger partial charge in [0.15, 0.2) is 5.76 Å². The molecule has 3 heterocycles. The molecule has 0 spiro atoms. The minimum Gasteiger partial charge on any atom is -0.459 e. The van der Waals surface area contributed by atoms with E-state index >= 15 is 0 Å². The second-order valence-corrected chi connectivity index (χ2v) is 9.77. The minimum atomic E-state index is -0.138. The van der Waals surface area contributed by atoms with Gasteiger partial charge in [-0.25, -0.2) is 0 Å². The monoisotopic (exact) mass is 456 g/mol. The van der Waals surface area contributed by atoms with Crippen molar-refractivity contribution in [1.29, 1.82) is 0 Å². The average molecular weight is 457 g/mol. The lowest BCUT2D eigenvalue weighted by atomic mass is 9.97. The number of thioether (sulfide) groups is 1. The molecule has 2 amide bonds. The second kappa shape index (κ2) is 9.62. The van der Waals surface area contributed by atoms with Crippen LogP contribution in [0.15, 0.2) is 38.7 Å². The number of nitrogens with one attached hydrogen (secondary N) is 1. The van der Waals surface area contributed by atoms with Gasteiger partial charge in [-0.3, -0.25) is 9.59 Å². The van der Waals surface area contributed by atoms with E-state index in [1.165, 1.54) is 11.1 Å². The Morgan fingerprint density at radius 2 is 2.27 bits per heavy atom. The van der Waals surface area contributed by atoms with Crippen LogP contribution in [0.1, 0.15) is 28.3 Å². The SMILES string of the molecule is O=C(NCCSCc1ccc(Br)s1)C1CCCN(C(=O)c2ccco2)C1. The average Bonchev–Trinajstić information content (AvgIpc) is 3.32. The maximum absolute atomic E-state index is 12.4. The molecule has 1 aliphatic rings. The van der Waals surface area contributed by atoms with E-state index < -0.39 is 0 Å². The number of amides is 2. The summed E-state index contributed by atoms with van der Waals surface area (Å²) in [4.78, 5) is 27.8. The van der Waals surface area contributed by atoms with Crippen molar-refractivity contribution < 1.29 is 14.0 Å². The highest BCUT2D eigenvalue weighted by Crippen LogP contribution is 2.25. The van der Waals surface area contributed by atoms with Gasteiger partial charge in [-0.2, -0.15) is 11.8 Å². The zero-order valence-corrected chi connectivity index (χ0v) is 17.5. The molecule has 1 aliphatic heterocycles. The highest BCUT2D eigenvalue weighted by atomic mass is 79.9. The molecule has 2 aromatic rings. The summed E-state index contributed by atoms with van der Waals surface area (Å²) in [6.45, 7) is 1.79. The molecule has 2 aromatic heterocycles. The Morgan fingerprint density at radius 1 is 1.38 bits per heavy atom. The fraction of sp³-hybridized carbons (Fsp3) is 0.444. The lowest BCUT2D eigenvalue weighted by Crippen LogP contribution is -2.45. The number of furan rings is 1. The number of carbonyl (C=O) groups is 2. The van der Waals surface area contributed by atoms with E-state index in [-0.39, 0.29) is 17.7 Å². The van der Waals surface area contributed by atoms with E-state index in [1.54, 1.807) is 28.4 Å². The first-order valence-electron chi connectivity index (χ1n) is 8.56. The number of halogens is 1. The van der Waals surface area contributed by atoms with Gasteiger partial charge in [-0.1, -0.05) is 0 Å². The smallest absolute Gasteiger partial charge is 0.289 e. The topological polar surface area (TPSA) is 62.6 Å². The lowest BCUT2D eigenvalue weighted by molar-refractivity contribution is -0.126. The molecule has 5 nitrogen and oxygen atoms in total. The summed E-state index contributed by atoms with van der Waals surface area (Å²) in [5, 5.41) is 3.01. The highest BCUT2D eigenvalue weighted by molar-refractivity contribution is 9.11. The Morgan fingerprint density at radius 3 is 3.00 bits per heavy atom. The normalized spacial score (nSPS) is 17.3. The van der Waals surface area contributed by atoms with Crippen LogP contribution >= 0.6 is 39.0 Å². The summed E-state index contributed by atoms with van der Waals surface area (Å²) < 4.78 is 6.32. The van der Waals surface area contributed by atoms with Gasteiger partial charge < -0.3 is 14.6 Å². The number of thiophene rings is 1. The molecular weight excluding hydrogens is 436 g/mol. The third kappa shape index (κ3) is 5.37. The van der Waals surface area contributed by atoms with E-state index in [2.05, 4.69) is 33.4 Å². The summed E-state index contributed by atoms with van der Waals surface area (Å²) in [6, 6.07) is 7.54. The third-order valence-electron chi connectivity index (χ3n) is 4.23. The third-order valence-corrected chi connectivity index (χ3v) is 7.04. The van der Waals surface area contributed by atoms with Crippen molar-refractivity contribution in [3.8, 4) is 0 Å². The largest absolute Gasteiger partial charge is 0.459 e. The van der Waals surface area contributed by atoms with Crippen LogP contribution in [0.2, 0.25) is 0 Å². The van der Waals surface area contributed by atoms with Crippen LogP contribution in [0, 0.1) is 5.92 Å². The van der Waals surface area contributed by atoms with Crippen LogP contribution in [0.25, 0.3) is 0 Å². The van der Waals surface area contributed by atoms with Gasteiger partial charge in [0.1, 0.15) is 0 Å². The van der Waals surface area contributed by atoms with Gasteiger partial charge in [0.25, 0.3) is 5.91 Å². The van der Waals surface area contributed by atoms with Crippen LogP contribution < -0.4 is 5.32 Å². The summed E-state index contributed by atoms with van der Waals surface area (Å²) >= 11 is 7.01. The first-order chi connectivity index (χ1) is 12.6. The molecule has 140 valence electrons. The number of rotatable bonds is 7. The van der Waals surface area contributed by atoms with Crippen molar-refractivity contribution in [3.05, 3.63) is 45.0 Å². The van der Waals surface area contributed by atoms with E-state index in [9.17, 15) is 9.59 Å². The summed E-state index contributed by atoms with van der Waals surface area (Å²) in [5.41, 5.74) is 0. The summed E-state index contributed by atoms with van der Waals surface area (Å²) in [5.74, 6) is 1.94. The first kappa shape index (κ1) is 19.5. The number of likely N-dealkylation sites (tertiary alicyclic amines) is 1. The zero-order valence-electron chi connectivity index (χ0n) is 14.3. The zero-order chi connectivity index (χ0) is 18.4. The fourth-order valence-corrected chi connectivity index (χ4v) is 5.38. The molecule has 0 aliphatic carbocycles. The van der Waals surface area contributed by atoms with E-state index in [1.807, 2.05) is 11.8 Å². The molecule has 1 atom stereocenters. The molecule has 0 radical (unpaired) electrons. The van der Waals surface area contributed by atoms with Crippen LogP contribution in [0.3, 0.4) is 0 Å². The molecule has 26 heavy (non-hydrogen) atoms. The van der Waals surface area contributed by atoms with Crippen molar-refractivity contribution in [3.63, 3.8) is 0 Å². The molecule has 0 saturated carbocycles. The van der Waals surface area contributed by atoms with Crippen LogP contribution in [0.5, 0.6) is 0 Å². The second-order valence-electron chi connectivity index (χ2n) is 6.12. The Balaban J connectivity index is 1.38. The Labute approximate surface area is 169 Å². The van der Waals surface area contributed by atoms with Gasteiger partial charge in [0.2, 0.25) is 5.91 Å². The Hall–Kier alpha value is -1.25. The number of hydrogen-bond donors (Lipinski definition) is 1. The number of carbonyl (C=O) groups excluding carboxylic acids is 2. The molecule has 3 rings (SSSR count). The van der Waals surface area contributed by atoms with Crippen LogP contribution in [-0.2, 0) is 10.5 Å². The van der Waals surface area contributed by atoms with Gasteiger partial charge in [0.05, 0.1) is 16.0 Å². The van der Waals surface area contributed by atoms with Gasteiger partial charge in [0, 0.05) is 36.0 Å². The van der Waals surface area contributed by atoms with E-state index in [0.717, 1.165) is 28.1 Å². The minimum absolute atomic E-state index is 0.0430. The molecule has 0 bridgehead atoms. The molecule has 0 aromatic carbocycles. The molecule has 1 saturated heterocycles. The summed E-state index contributed by atoms with van der Waals surface area (Å²) in [6.07, 6.45) is 3.16. The number of piperidine rings is 1. The standard InChI is InChI=1S/C18H21BrN2O3S2/c19-16-6-5-14(26-16)12-25-10-7-20-17(22)13-3-1-8-21(11-13)18(23)15-4-2-9-24-15/h2,4-6,9,13H,1,3,7-8,10-12H2,(H,20,22). The van der Waals surface area contributed by atoms with Crippen molar-refractivity contribution in [2.75, 3.05) is 25.4 Å². The summed E-state index contributed by atoms with van der Waals surface area (Å²) in [7, 11) is 0. The van der Waals surface area contributed by atoms with Gasteiger partial charge in [-0.05, 0) is 53.0 Å². The maximum atomic E-state index is 12.4. The molecule has 1 unspecified atom stereocenters. The molecule has 1 fully saturated rings. The predicted octanol–water partition coefficient (Wildman–Crippen LogP) is 4.01. The Kier molecular flexibility index (Phi) is 7.22. The number of hydrogen-bond acceptors (Lipinski definition) is 5. The van der Waals surface area contributed by atoms with Gasteiger partial charge in [-0.15, -0.1) is 11.3 Å². The maximum Gasteiger partial charge on any atom is 0.289 e. The van der Waals surface area contributed by atoms with Crippen molar-refractivity contribution in [2.24, 2.45) is 5.92 Å². The van der Waals surface area contributed by atoms with Crippen LogP contribution in [-0.4, -0.2) is 42.1 Å². The Bertz CT molecular complexity index is 733. The van der Waals surface area contributed by atoms with Crippen molar-refractivity contribution in [1.82, 2.24) is 10.2 Å². The molecule has 8 heteroatoms. The van der Waals surface area contributed by atoms with Crippen LogP contribution in [0.4, 0.5) is 0 Å². The molecule has 1 N–H and O–H groups in total. The predicted molar refractivity (Wildman–Crippen MR) is 109 cm³/mol. The highest BCUT2D eigenvalue weighted by Gasteiger charge is 2.29. The fourth-order valence-electron chi connectivity index (χ4n) is 2.92. The quantitative estimate of drug-likeness (QED) is 0.639. The van der Waals surface area contributed by atoms with Crippen molar-refractivity contribution in [2.45, 2.75) is 18.6 Å². The van der Waals surface area contributed by atoms with Gasteiger partial charge >= 0.3 is 0 Å². The van der Waals surface area contributed by atoms with E-state index in [4.69, 9.17) is 4.42 Å². The first-order valence-corrected chi connectivity index (χ1v) is 11.3. The van der Waals surface area contributed by atoms with E-state index in [0.29, 0.717) is 25.4 Å². The lowest BCUT2D eigenvalue weighted by Gasteiger charge is -2.31. The van der Waals surface area contributed by atoms with Crippen molar-refractivity contribution >= 4 is 50.8 Å². The number of nitrogens with zero attached hydrogens (tertiary/aromatic N) is 1.